The van der Waals surface area contributed by atoms with Gasteiger partial charge in [0, 0.05) is 11.1 Å². The largest absolute Gasteiger partial charge is 0.467 e. The third-order valence-corrected chi connectivity index (χ3v) is 2.88. The van der Waals surface area contributed by atoms with Crippen LogP contribution < -0.4 is 5.73 Å². The van der Waals surface area contributed by atoms with Crippen molar-refractivity contribution >= 4 is 11.6 Å². The van der Waals surface area contributed by atoms with Crippen molar-refractivity contribution in [1.29, 1.82) is 0 Å². The van der Waals surface area contributed by atoms with Crippen LogP contribution in [0.25, 0.3) is 0 Å². The second-order valence-corrected chi connectivity index (χ2v) is 4.66. The number of halogens is 1. The smallest absolute Gasteiger partial charge is 0.129 e. The van der Waals surface area contributed by atoms with E-state index in [0.717, 1.165) is 11.3 Å². The Balaban J connectivity index is 2.08. The van der Waals surface area contributed by atoms with Crippen LogP contribution in [-0.2, 0) is 11.3 Å². The monoisotopic (exact) mass is 265 g/mol. The second-order valence-electron chi connectivity index (χ2n) is 4.23. The van der Waals surface area contributed by atoms with Crippen molar-refractivity contribution in [3.8, 4) is 0 Å². The molecule has 0 fully saturated rings. The summed E-state index contributed by atoms with van der Waals surface area (Å²) in [6.45, 7) is 2.30. The minimum absolute atomic E-state index is 0.126. The molecule has 2 aromatic rings. The summed E-state index contributed by atoms with van der Waals surface area (Å²) >= 11 is 5.98. The van der Waals surface area contributed by atoms with Crippen molar-refractivity contribution in [2.45, 2.75) is 25.7 Å². The number of hydrogen-bond donors (Lipinski definition) is 1. The van der Waals surface area contributed by atoms with Gasteiger partial charge in [-0.05, 0) is 36.8 Å². The standard InChI is InChI=1S/C14H16ClNO2/c1-10(16)14(11-4-2-5-12(15)8-11)18-9-13-6-3-7-17-13/h2-8,10,14H,9,16H2,1H3. The fourth-order valence-electron chi connectivity index (χ4n) is 1.80. The van der Waals surface area contributed by atoms with Crippen molar-refractivity contribution in [2.75, 3.05) is 0 Å². The maximum atomic E-state index is 5.98. The molecule has 0 aliphatic carbocycles. The number of benzene rings is 1. The van der Waals surface area contributed by atoms with E-state index >= 15 is 0 Å². The molecule has 1 aromatic heterocycles. The number of nitrogens with two attached hydrogens (primary N) is 1. The Morgan fingerprint density at radius 1 is 1.33 bits per heavy atom. The molecule has 0 saturated carbocycles. The summed E-state index contributed by atoms with van der Waals surface area (Å²) < 4.78 is 11.0. The predicted molar refractivity (Wildman–Crippen MR) is 71.3 cm³/mol. The van der Waals surface area contributed by atoms with Crippen molar-refractivity contribution < 1.29 is 9.15 Å². The van der Waals surface area contributed by atoms with Gasteiger partial charge < -0.3 is 14.9 Å². The van der Waals surface area contributed by atoms with Crippen LogP contribution >= 0.6 is 11.6 Å². The quantitative estimate of drug-likeness (QED) is 0.900. The van der Waals surface area contributed by atoms with Crippen LogP contribution in [0.4, 0.5) is 0 Å². The van der Waals surface area contributed by atoms with E-state index in [2.05, 4.69) is 0 Å². The molecule has 3 nitrogen and oxygen atoms in total. The lowest BCUT2D eigenvalue weighted by atomic mass is 10.0. The van der Waals surface area contributed by atoms with Gasteiger partial charge in [-0.15, -0.1) is 0 Å². The van der Waals surface area contributed by atoms with E-state index in [0.29, 0.717) is 11.6 Å². The van der Waals surface area contributed by atoms with Gasteiger partial charge in [-0.3, -0.25) is 0 Å². The Hall–Kier alpha value is -1.29. The van der Waals surface area contributed by atoms with E-state index in [1.54, 1.807) is 6.26 Å². The van der Waals surface area contributed by atoms with Gasteiger partial charge >= 0.3 is 0 Å². The summed E-state index contributed by atoms with van der Waals surface area (Å²) in [7, 11) is 0. The van der Waals surface area contributed by atoms with Crippen LogP contribution in [0.15, 0.2) is 47.1 Å². The van der Waals surface area contributed by atoms with Crippen LogP contribution in [0.2, 0.25) is 5.02 Å². The van der Waals surface area contributed by atoms with Crippen molar-refractivity contribution in [3.05, 3.63) is 59.0 Å². The first-order valence-corrected chi connectivity index (χ1v) is 6.19. The first-order valence-electron chi connectivity index (χ1n) is 5.82. The third-order valence-electron chi connectivity index (χ3n) is 2.64. The highest BCUT2D eigenvalue weighted by Gasteiger charge is 2.17. The molecule has 0 spiro atoms. The van der Waals surface area contributed by atoms with Crippen LogP contribution in [0.3, 0.4) is 0 Å². The van der Waals surface area contributed by atoms with Gasteiger partial charge in [0.25, 0.3) is 0 Å². The maximum Gasteiger partial charge on any atom is 0.129 e. The first kappa shape index (κ1) is 13.1. The highest BCUT2D eigenvalue weighted by atomic mass is 35.5. The molecular weight excluding hydrogens is 250 g/mol. The molecule has 0 radical (unpaired) electrons. The zero-order valence-corrected chi connectivity index (χ0v) is 10.9. The minimum atomic E-state index is -0.200. The maximum absolute atomic E-state index is 5.98. The van der Waals surface area contributed by atoms with Crippen molar-refractivity contribution in [2.24, 2.45) is 5.73 Å². The van der Waals surface area contributed by atoms with E-state index in [4.69, 9.17) is 26.5 Å². The highest BCUT2D eigenvalue weighted by Crippen LogP contribution is 2.24. The minimum Gasteiger partial charge on any atom is -0.467 e. The van der Waals surface area contributed by atoms with Gasteiger partial charge in [0.15, 0.2) is 0 Å². The average molecular weight is 266 g/mol. The summed E-state index contributed by atoms with van der Waals surface area (Å²) in [4.78, 5) is 0. The number of ether oxygens (including phenoxy) is 1. The van der Waals surface area contributed by atoms with Gasteiger partial charge in [0.1, 0.15) is 12.4 Å². The molecule has 2 N–H and O–H groups in total. The molecule has 4 heteroatoms. The molecule has 0 saturated heterocycles. The predicted octanol–water partition coefficient (Wildman–Crippen LogP) is 3.54. The van der Waals surface area contributed by atoms with Gasteiger partial charge in [0.05, 0.1) is 12.4 Å². The molecule has 2 rings (SSSR count). The Kier molecular flexibility index (Phi) is 4.42. The Morgan fingerprint density at radius 3 is 2.78 bits per heavy atom. The van der Waals surface area contributed by atoms with E-state index in [-0.39, 0.29) is 12.1 Å². The average Bonchev–Trinajstić information content (AvgIpc) is 2.82. The van der Waals surface area contributed by atoms with Gasteiger partial charge in [-0.1, -0.05) is 23.7 Å². The molecule has 2 atom stereocenters. The normalized spacial score (nSPS) is 14.4. The molecule has 0 aliphatic rings. The molecule has 0 aliphatic heterocycles. The fraction of sp³-hybridized carbons (Fsp3) is 0.286. The fourth-order valence-corrected chi connectivity index (χ4v) is 2.00. The molecule has 0 bridgehead atoms. The van der Waals surface area contributed by atoms with Gasteiger partial charge in [-0.2, -0.15) is 0 Å². The van der Waals surface area contributed by atoms with Gasteiger partial charge in [0.2, 0.25) is 0 Å². The Morgan fingerprint density at radius 2 is 2.17 bits per heavy atom. The second kappa shape index (κ2) is 6.05. The van der Waals surface area contributed by atoms with Crippen LogP contribution in [0.5, 0.6) is 0 Å². The summed E-state index contributed by atoms with van der Waals surface area (Å²) in [5.74, 6) is 0.780. The SMILES string of the molecule is CC(N)C(OCc1ccco1)c1cccc(Cl)c1. The van der Waals surface area contributed by atoms with E-state index in [1.807, 2.05) is 43.3 Å². The van der Waals surface area contributed by atoms with E-state index in [9.17, 15) is 0 Å². The molecule has 1 heterocycles. The number of rotatable bonds is 5. The Bertz CT molecular complexity index is 482. The molecule has 18 heavy (non-hydrogen) atoms. The van der Waals surface area contributed by atoms with Crippen molar-refractivity contribution in [1.82, 2.24) is 0 Å². The molecule has 96 valence electrons. The topological polar surface area (TPSA) is 48.4 Å². The molecule has 0 amide bonds. The lowest BCUT2D eigenvalue weighted by Crippen LogP contribution is -2.26. The van der Waals surface area contributed by atoms with Crippen molar-refractivity contribution in [3.63, 3.8) is 0 Å². The lowest BCUT2D eigenvalue weighted by molar-refractivity contribution is 0.0170. The van der Waals surface area contributed by atoms with Crippen LogP contribution in [0, 0.1) is 0 Å². The summed E-state index contributed by atoms with van der Waals surface area (Å²) in [6, 6.07) is 11.1. The van der Waals surface area contributed by atoms with E-state index < -0.39 is 0 Å². The van der Waals surface area contributed by atoms with Crippen LogP contribution in [-0.4, -0.2) is 6.04 Å². The Labute approximate surface area is 111 Å². The highest BCUT2D eigenvalue weighted by molar-refractivity contribution is 6.30. The summed E-state index contributed by atoms with van der Waals surface area (Å²) in [6.07, 6.45) is 1.42. The lowest BCUT2D eigenvalue weighted by Gasteiger charge is -2.21. The van der Waals surface area contributed by atoms with Gasteiger partial charge in [-0.25, -0.2) is 0 Å². The zero-order valence-electron chi connectivity index (χ0n) is 10.2. The number of hydrogen-bond acceptors (Lipinski definition) is 3. The molecule has 1 aromatic carbocycles. The summed E-state index contributed by atoms with van der Waals surface area (Å²) in [5.41, 5.74) is 6.94. The number of furan rings is 1. The molecule has 2 unspecified atom stereocenters. The third kappa shape index (κ3) is 3.35. The molecular formula is C14H16ClNO2. The first-order chi connectivity index (χ1) is 8.66. The zero-order chi connectivity index (χ0) is 13.0. The summed E-state index contributed by atoms with van der Waals surface area (Å²) in [5, 5.41) is 0.680. The van der Waals surface area contributed by atoms with Crippen LogP contribution in [0.1, 0.15) is 24.4 Å². The van der Waals surface area contributed by atoms with E-state index in [1.165, 1.54) is 0 Å².